The Balaban J connectivity index is 2.01. The number of carbonyl (C=O) groups is 2. The van der Waals surface area contributed by atoms with Gasteiger partial charge in [0.1, 0.15) is 24.0 Å². The van der Waals surface area contributed by atoms with Crippen molar-refractivity contribution in [2.75, 3.05) is 23.7 Å². The van der Waals surface area contributed by atoms with Crippen molar-refractivity contribution in [2.24, 2.45) is 0 Å². The lowest BCUT2D eigenvalue weighted by Gasteiger charge is -2.24. The van der Waals surface area contributed by atoms with Crippen molar-refractivity contribution in [3.05, 3.63) is 76.5 Å². The Labute approximate surface area is 220 Å². The maximum atomic E-state index is 15.2. The minimum Gasteiger partial charge on any atom is -0.355 e. The Morgan fingerprint density at radius 2 is 1.86 bits per heavy atom. The number of halogens is 2. The van der Waals surface area contributed by atoms with Crippen molar-refractivity contribution >= 4 is 29.4 Å². The Morgan fingerprint density at radius 1 is 1.16 bits per heavy atom. The minimum atomic E-state index is -0.687. The van der Waals surface area contributed by atoms with Gasteiger partial charge in [-0.3, -0.25) is 14.5 Å². The van der Waals surface area contributed by atoms with Crippen molar-refractivity contribution in [1.29, 1.82) is 0 Å². The van der Waals surface area contributed by atoms with Crippen LogP contribution in [0.15, 0.2) is 42.5 Å². The van der Waals surface area contributed by atoms with Crippen molar-refractivity contribution in [3.63, 3.8) is 0 Å². The van der Waals surface area contributed by atoms with E-state index in [1.165, 1.54) is 28.8 Å². The van der Waals surface area contributed by atoms with Crippen molar-refractivity contribution in [2.45, 2.75) is 51.7 Å². The number of nitrogens with zero attached hydrogens (tertiary/aromatic N) is 3. The van der Waals surface area contributed by atoms with E-state index < -0.39 is 22.3 Å². The van der Waals surface area contributed by atoms with Gasteiger partial charge in [0.2, 0.25) is 11.8 Å². The normalized spacial score (nSPS) is 15.9. The number of benzene rings is 2. The molecular formula is C28H32F2N4O2S. The van der Waals surface area contributed by atoms with Crippen molar-refractivity contribution < 1.29 is 18.4 Å². The van der Waals surface area contributed by atoms with Gasteiger partial charge < -0.3 is 5.32 Å². The topological polar surface area (TPSA) is 67.2 Å². The summed E-state index contributed by atoms with van der Waals surface area (Å²) in [4.78, 5) is 27.8. The lowest BCUT2D eigenvalue weighted by molar-refractivity contribution is -0.122. The molecule has 6 nitrogen and oxygen atoms in total. The van der Waals surface area contributed by atoms with Gasteiger partial charge in [0, 0.05) is 29.2 Å². The summed E-state index contributed by atoms with van der Waals surface area (Å²) >= 11 is 1.26. The van der Waals surface area contributed by atoms with Crippen LogP contribution in [0.1, 0.15) is 61.7 Å². The molecule has 9 heteroatoms. The first-order valence-corrected chi connectivity index (χ1v) is 13.4. The third-order valence-corrected chi connectivity index (χ3v) is 7.43. The molecule has 1 atom stereocenters. The Hall–Kier alpha value is -3.20. The van der Waals surface area contributed by atoms with E-state index >= 15 is 4.39 Å². The number of amides is 2. The quantitative estimate of drug-likeness (QED) is 0.464. The summed E-state index contributed by atoms with van der Waals surface area (Å²) in [6.45, 7) is 10.2. The summed E-state index contributed by atoms with van der Waals surface area (Å²) in [5.74, 6) is -1.47. The van der Waals surface area contributed by atoms with Crippen LogP contribution in [0.25, 0.3) is 5.69 Å². The number of anilines is 1. The molecule has 0 bridgehead atoms. The Morgan fingerprint density at radius 3 is 2.49 bits per heavy atom. The molecule has 0 aliphatic carbocycles. The number of hydrogen-bond donors (Lipinski definition) is 1. The second-order valence-electron chi connectivity index (χ2n) is 10.3. The first kappa shape index (κ1) is 26.9. The molecule has 4 rings (SSSR count). The fraction of sp³-hybridized carbons (Fsp3) is 0.393. The van der Waals surface area contributed by atoms with Gasteiger partial charge in [-0.1, -0.05) is 51.5 Å². The molecule has 2 aromatic carbocycles. The molecule has 0 saturated heterocycles. The van der Waals surface area contributed by atoms with Crippen LogP contribution in [0.2, 0.25) is 0 Å². The van der Waals surface area contributed by atoms with Crippen molar-refractivity contribution in [1.82, 2.24) is 15.1 Å². The summed E-state index contributed by atoms with van der Waals surface area (Å²) < 4.78 is 30.7. The van der Waals surface area contributed by atoms with Crippen LogP contribution in [-0.4, -0.2) is 40.4 Å². The first-order chi connectivity index (χ1) is 17.5. The molecule has 3 aromatic rings. The van der Waals surface area contributed by atoms with Crippen LogP contribution < -0.4 is 10.2 Å². The van der Waals surface area contributed by atoms with E-state index in [1.807, 2.05) is 58.9 Å². The van der Waals surface area contributed by atoms with Crippen LogP contribution in [0.4, 0.5) is 14.6 Å². The number of aromatic nitrogens is 2. The number of aryl methyl sites for hydroxylation is 1. The molecule has 1 N–H and O–H groups in total. The number of nitrogens with one attached hydrogen (secondary N) is 1. The molecule has 0 radical (unpaired) electrons. The average molecular weight is 527 g/mol. The van der Waals surface area contributed by atoms with E-state index in [-0.39, 0.29) is 29.7 Å². The van der Waals surface area contributed by atoms with E-state index in [0.29, 0.717) is 29.3 Å². The fourth-order valence-corrected chi connectivity index (χ4v) is 5.58. The predicted octanol–water partition coefficient (Wildman–Crippen LogP) is 5.45. The summed E-state index contributed by atoms with van der Waals surface area (Å²) in [5.41, 5.74) is 2.90. The molecule has 0 spiro atoms. The average Bonchev–Trinajstić information content (AvgIpc) is 3.17. The molecule has 196 valence electrons. The molecule has 2 amide bonds. The number of thioether (sulfide) groups is 1. The monoisotopic (exact) mass is 526 g/mol. The summed E-state index contributed by atoms with van der Waals surface area (Å²) in [6.07, 6.45) is 0.766. The third kappa shape index (κ3) is 5.56. The highest BCUT2D eigenvalue weighted by atomic mass is 32.2. The molecule has 1 aliphatic heterocycles. The third-order valence-electron chi connectivity index (χ3n) is 6.20. The molecule has 0 fully saturated rings. The lowest BCUT2D eigenvalue weighted by Crippen LogP contribution is -2.42. The van der Waals surface area contributed by atoms with Gasteiger partial charge in [-0.15, -0.1) is 11.8 Å². The van der Waals surface area contributed by atoms with E-state index in [4.69, 9.17) is 5.10 Å². The highest BCUT2D eigenvalue weighted by molar-refractivity contribution is 8.00. The molecular weight excluding hydrogens is 494 g/mol. The molecule has 0 unspecified atom stereocenters. The number of carbonyl (C=O) groups excluding carboxylic acids is 2. The fourth-order valence-electron chi connectivity index (χ4n) is 4.36. The molecule has 37 heavy (non-hydrogen) atoms. The van der Waals surface area contributed by atoms with E-state index in [9.17, 15) is 14.0 Å². The standard InChI is InChI=1S/C28H32F2N4O2S/c1-6-13-31-22(35)15-33-23(36)16-37-25(20-12-9-18(29)14-21(20)30)24-26(28(3,4)5)32-34(27(24)33)19-10-7-17(2)8-11-19/h7-12,14,25H,6,13,15-16H2,1-5H3,(H,31,35)/t25-/m1/s1. The van der Waals surface area contributed by atoms with Gasteiger partial charge in [-0.2, -0.15) is 5.10 Å². The van der Waals surface area contributed by atoms with Crippen LogP contribution in [0.3, 0.4) is 0 Å². The zero-order valence-corrected chi connectivity index (χ0v) is 22.6. The highest BCUT2D eigenvalue weighted by Crippen LogP contribution is 2.49. The second-order valence-corrected chi connectivity index (χ2v) is 11.4. The van der Waals surface area contributed by atoms with Crippen LogP contribution in [0, 0.1) is 18.6 Å². The van der Waals surface area contributed by atoms with E-state index in [0.717, 1.165) is 18.1 Å². The Bertz CT molecular complexity index is 1310. The smallest absolute Gasteiger partial charge is 0.240 e. The Kier molecular flexibility index (Phi) is 7.73. The zero-order valence-electron chi connectivity index (χ0n) is 21.8. The van der Waals surface area contributed by atoms with Crippen LogP contribution >= 0.6 is 11.8 Å². The van der Waals surface area contributed by atoms with Gasteiger partial charge in [-0.25, -0.2) is 13.5 Å². The summed E-state index contributed by atoms with van der Waals surface area (Å²) in [6, 6.07) is 11.2. The number of rotatable bonds is 6. The van der Waals surface area contributed by atoms with Crippen molar-refractivity contribution in [3.8, 4) is 5.69 Å². The number of fused-ring (bicyclic) bond motifs is 1. The number of hydrogen-bond acceptors (Lipinski definition) is 4. The van der Waals surface area contributed by atoms with Crippen LogP contribution in [0.5, 0.6) is 0 Å². The minimum absolute atomic E-state index is 0.0225. The predicted molar refractivity (Wildman–Crippen MR) is 143 cm³/mol. The summed E-state index contributed by atoms with van der Waals surface area (Å²) in [5, 5.41) is 7.18. The maximum absolute atomic E-state index is 15.2. The van der Waals surface area contributed by atoms with E-state index in [2.05, 4.69) is 5.32 Å². The highest BCUT2D eigenvalue weighted by Gasteiger charge is 2.40. The van der Waals surface area contributed by atoms with E-state index in [1.54, 1.807) is 4.68 Å². The van der Waals surface area contributed by atoms with Gasteiger partial charge in [0.05, 0.1) is 22.4 Å². The van der Waals surface area contributed by atoms with Crippen LogP contribution in [-0.2, 0) is 15.0 Å². The van der Waals surface area contributed by atoms with Gasteiger partial charge in [-0.05, 0) is 31.5 Å². The second kappa shape index (κ2) is 10.7. The zero-order chi connectivity index (χ0) is 26.9. The first-order valence-electron chi connectivity index (χ1n) is 12.3. The largest absolute Gasteiger partial charge is 0.355 e. The SMILES string of the molecule is CCCNC(=O)CN1C(=O)CS[C@H](c2ccc(F)cc2F)c2c(C(C)(C)C)nn(-c3ccc(C)cc3)c21. The van der Waals surface area contributed by atoms with Gasteiger partial charge >= 0.3 is 0 Å². The van der Waals surface area contributed by atoms with Gasteiger partial charge in [0.25, 0.3) is 0 Å². The lowest BCUT2D eigenvalue weighted by atomic mass is 9.87. The molecule has 1 aliphatic rings. The summed E-state index contributed by atoms with van der Waals surface area (Å²) in [7, 11) is 0. The molecule has 0 saturated carbocycles. The molecule has 2 heterocycles. The molecule has 1 aromatic heterocycles. The van der Waals surface area contributed by atoms with Gasteiger partial charge in [0.15, 0.2) is 0 Å². The maximum Gasteiger partial charge on any atom is 0.240 e.